The molecule has 4 heteroatoms. The van der Waals surface area contributed by atoms with Crippen LogP contribution >= 0.6 is 15.9 Å². The number of methoxy groups -OCH3 is 1. The molecule has 0 unspecified atom stereocenters. The molecule has 0 aliphatic rings. The molecule has 0 spiro atoms. The molecular formula is C7H8BrNO2. The second-order valence-corrected chi connectivity index (χ2v) is 2.81. The molecule has 1 aromatic rings. The van der Waals surface area contributed by atoms with Gasteiger partial charge in [0.15, 0.2) is 0 Å². The van der Waals surface area contributed by atoms with Crippen molar-refractivity contribution in [3.63, 3.8) is 0 Å². The van der Waals surface area contributed by atoms with E-state index >= 15 is 0 Å². The lowest BCUT2D eigenvalue weighted by molar-refractivity contribution is 0.272. The highest BCUT2D eigenvalue weighted by atomic mass is 79.9. The number of hydrogen-bond acceptors (Lipinski definition) is 3. The highest BCUT2D eigenvalue weighted by Gasteiger charge is 2.05. The zero-order valence-electron chi connectivity index (χ0n) is 6.04. The van der Waals surface area contributed by atoms with Gasteiger partial charge in [-0.1, -0.05) is 0 Å². The molecule has 1 N–H and O–H groups in total. The van der Waals surface area contributed by atoms with Crippen LogP contribution in [0, 0.1) is 0 Å². The summed E-state index contributed by atoms with van der Waals surface area (Å²) < 4.78 is 5.73. The lowest BCUT2D eigenvalue weighted by Crippen LogP contribution is -1.93. The van der Waals surface area contributed by atoms with Gasteiger partial charge in [0.25, 0.3) is 0 Å². The molecule has 0 radical (unpaired) electrons. The number of aliphatic hydroxyl groups is 1. The van der Waals surface area contributed by atoms with Crippen LogP contribution in [0.5, 0.6) is 5.75 Å². The smallest absolute Gasteiger partial charge is 0.143 e. The lowest BCUT2D eigenvalue weighted by Gasteiger charge is -2.05. The summed E-state index contributed by atoms with van der Waals surface area (Å²) in [5.74, 6) is 0.599. The van der Waals surface area contributed by atoms with E-state index in [1.165, 1.54) is 0 Å². The lowest BCUT2D eigenvalue weighted by atomic mass is 10.3. The SMILES string of the molecule is COc1cncc(Br)c1CO. The summed E-state index contributed by atoms with van der Waals surface area (Å²) in [6, 6.07) is 0. The van der Waals surface area contributed by atoms with Crippen LogP contribution in [0.15, 0.2) is 16.9 Å². The third-order valence-electron chi connectivity index (χ3n) is 1.34. The van der Waals surface area contributed by atoms with Gasteiger partial charge in [0, 0.05) is 16.2 Å². The number of hydrogen-bond donors (Lipinski definition) is 1. The summed E-state index contributed by atoms with van der Waals surface area (Å²) in [4.78, 5) is 3.88. The molecule has 0 saturated heterocycles. The minimum absolute atomic E-state index is 0.0493. The van der Waals surface area contributed by atoms with Crippen molar-refractivity contribution < 1.29 is 9.84 Å². The third-order valence-corrected chi connectivity index (χ3v) is 2.03. The fourth-order valence-corrected chi connectivity index (χ4v) is 1.21. The molecule has 0 aliphatic carbocycles. The van der Waals surface area contributed by atoms with E-state index in [1.54, 1.807) is 19.5 Å². The maximum absolute atomic E-state index is 8.89. The highest BCUT2D eigenvalue weighted by Crippen LogP contribution is 2.24. The fraction of sp³-hybridized carbons (Fsp3) is 0.286. The van der Waals surface area contributed by atoms with Crippen LogP contribution < -0.4 is 4.74 Å². The topological polar surface area (TPSA) is 42.4 Å². The van der Waals surface area contributed by atoms with Gasteiger partial charge in [-0.15, -0.1) is 0 Å². The Morgan fingerprint density at radius 1 is 1.64 bits per heavy atom. The quantitative estimate of drug-likeness (QED) is 0.814. The predicted molar refractivity (Wildman–Crippen MR) is 44.4 cm³/mol. The van der Waals surface area contributed by atoms with Gasteiger partial charge in [-0.25, -0.2) is 0 Å². The summed E-state index contributed by atoms with van der Waals surface area (Å²) in [5, 5.41) is 8.89. The van der Waals surface area contributed by atoms with Crippen LogP contribution in [0.2, 0.25) is 0 Å². The third kappa shape index (κ3) is 1.70. The molecule has 1 heterocycles. The van der Waals surface area contributed by atoms with Gasteiger partial charge in [0.05, 0.1) is 19.9 Å². The van der Waals surface area contributed by atoms with Crippen molar-refractivity contribution >= 4 is 15.9 Å². The molecule has 0 saturated carbocycles. The predicted octanol–water partition coefficient (Wildman–Crippen LogP) is 1.34. The van der Waals surface area contributed by atoms with Gasteiger partial charge < -0.3 is 9.84 Å². The Morgan fingerprint density at radius 2 is 2.36 bits per heavy atom. The Morgan fingerprint density at radius 3 is 2.82 bits per heavy atom. The van der Waals surface area contributed by atoms with Gasteiger partial charge in [-0.05, 0) is 15.9 Å². The van der Waals surface area contributed by atoms with Crippen LogP contribution in [-0.2, 0) is 6.61 Å². The van der Waals surface area contributed by atoms with Crippen LogP contribution in [0.1, 0.15) is 5.56 Å². The Bertz CT molecular complexity index is 252. The van der Waals surface area contributed by atoms with Gasteiger partial charge in [0.2, 0.25) is 0 Å². The van der Waals surface area contributed by atoms with E-state index in [0.717, 1.165) is 10.0 Å². The van der Waals surface area contributed by atoms with Crippen LogP contribution in [-0.4, -0.2) is 17.2 Å². The standard InChI is InChI=1S/C7H8BrNO2/c1-11-7-3-9-2-6(8)5(7)4-10/h2-3,10H,4H2,1H3. The molecule has 0 bridgehead atoms. The van der Waals surface area contributed by atoms with E-state index in [2.05, 4.69) is 20.9 Å². The molecule has 1 rings (SSSR count). The zero-order chi connectivity index (χ0) is 8.27. The van der Waals surface area contributed by atoms with E-state index < -0.39 is 0 Å². The van der Waals surface area contributed by atoms with E-state index in [4.69, 9.17) is 9.84 Å². The van der Waals surface area contributed by atoms with Crippen molar-refractivity contribution in [2.75, 3.05) is 7.11 Å². The first-order valence-corrected chi connectivity index (χ1v) is 3.86. The van der Waals surface area contributed by atoms with Crippen LogP contribution in [0.25, 0.3) is 0 Å². The van der Waals surface area contributed by atoms with Crippen molar-refractivity contribution in [3.05, 3.63) is 22.4 Å². The second kappa shape index (κ2) is 3.69. The highest BCUT2D eigenvalue weighted by molar-refractivity contribution is 9.10. The summed E-state index contributed by atoms with van der Waals surface area (Å²) >= 11 is 3.25. The largest absolute Gasteiger partial charge is 0.495 e. The molecule has 3 nitrogen and oxygen atoms in total. The summed E-state index contributed by atoms with van der Waals surface area (Å²) in [6.07, 6.45) is 3.18. The molecule has 60 valence electrons. The monoisotopic (exact) mass is 217 g/mol. The number of pyridine rings is 1. The van der Waals surface area contributed by atoms with Gasteiger partial charge >= 0.3 is 0 Å². The van der Waals surface area contributed by atoms with Gasteiger partial charge in [0.1, 0.15) is 5.75 Å². The molecule has 11 heavy (non-hydrogen) atoms. The maximum atomic E-state index is 8.89. The molecule has 1 aromatic heterocycles. The van der Waals surface area contributed by atoms with E-state index in [1.807, 2.05) is 0 Å². The Balaban J connectivity index is 3.13. The molecular weight excluding hydrogens is 210 g/mol. The molecule has 0 atom stereocenters. The summed E-state index contributed by atoms with van der Waals surface area (Å²) in [5.41, 5.74) is 0.725. The Labute approximate surface area is 73.2 Å². The van der Waals surface area contributed by atoms with Gasteiger partial charge in [-0.3, -0.25) is 4.98 Å². The molecule has 0 aliphatic heterocycles. The van der Waals surface area contributed by atoms with E-state index in [-0.39, 0.29) is 6.61 Å². The molecule has 0 aromatic carbocycles. The number of nitrogens with zero attached hydrogens (tertiary/aromatic N) is 1. The van der Waals surface area contributed by atoms with Crippen molar-refractivity contribution in [3.8, 4) is 5.75 Å². The first-order valence-electron chi connectivity index (χ1n) is 3.06. The average Bonchev–Trinajstić information content (AvgIpc) is 2.04. The fourth-order valence-electron chi connectivity index (χ4n) is 0.773. The Hall–Kier alpha value is -0.610. The van der Waals surface area contributed by atoms with E-state index in [0.29, 0.717) is 5.75 Å². The summed E-state index contributed by atoms with van der Waals surface area (Å²) in [6.45, 7) is -0.0493. The van der Waals surface area contributed by atoms with Crippen molar-refractivity contribution in [1.29, 1.82) is 0 Å². The minimum Gasteiger partial charge on any atom is -0.495 e. The number of ether oxygens (including phenoxy) is 1. The van der Waals surface area contributed by atoms with Crippen molar-refractivity contribution in [2.24, 2.45) is 0 Å². The average molecular weight is 218 g/mol. The normalized spacial score (nSPS) is 9.73. The van der Waals surface area contributed by atoms with Crippen LogP contribution in [0.4, 0.5) is 0 Å². The number of aromatic nitrogens is 1. The number of halogens is 1. The summed E-state index contributed by atoms with van der Waals surface area (Å²) in [7, 11) is 1.54. The molecule has 0 amide bonds. The van der Waals surface area contributed by atoms with Gasteiger partial charge in [-0.2, -0.15) is 0 Å². The Kier molecular flexibility index (Phi) is 2.84. The van der Waals surface area contributed by atoms with Crippen molar-refractivity contribution in [2.45, 2.75) is 6.61 Å². The first-order chi connectivity index (χ1) is 5.29. The van der Waals surface area contributed by atoms with Crippen molar-refractivity contribution in [1.82, 2.24) is 4.98 Å². The number of rotatable bonds is 2. The first kappa shape index (κ1) is 8.49. The molecule has 0 fully saturated rings. The minimum atomic E-state index is -0.0493. The van der Waals surface area contributed by atoms with E-state index in [9.17, 15) is 0 Å². The van der Waals surface area contributed by atoms with Crippen LogP contribution in [0.3, 0.4) is 0 Å². The zero-order valence-corrected chi connectivity index (χ0v) is 7.63. The maximum Gasteiger partial charge on any atom is 0.143 e. The number of aliphatic hydroxyl groups excluding tert-OH is 1. The second-order valence-electron chi connectivity index (χ2n) is 1.96.